The minimum atomic E-state index is 0.252. The molecule has 6 heterocycles. The molecule has 7 heteroatoms. The SMILES string of the molecule is Cc1cn2cc(-c3cc4sc(N(C)[C@@H]5C[C@]6(C)CC[C@](C)(C5)N6)nc4cn3)ccc2n1. The van der Waals surface area contributed by atoms with Crippen LogP contribution in [-0.2, 0) is 0 Å². The largest absolute Gasteiger partial charge is 0.348 e. The molecule has 6 rings (SSSR count). The summed E-state index contributed by atoms with van der Waals surface area (Å²) in [6.45, 7) is 6.78. The van der Waals surface area contributed by atoms with Crippen molar-refractivity contribution in [2.45, 2.75) is 63.6 Å². The number of aryl methyl sites for hydroxylation is 1. The van der Waals surface area contributed by atoms with E-state index in [1.54, 1.807) is 11.3 Å². The van der Waals surface area contributed by atoms with Crippen molar-refractivity contribution in [2.75, 3.05) is 11.9 Å². The van der Waals surface area contributed by atoms with Gasteiger partial charge in [-0.25, -0.2) is 9.97 Å². The molecule has 2 bridgehead atoms. The lowest BCUT2D eigenvalue weighted by molar-refractivity contribution is 0.208. The molecule has 0 aliphatic carbocycles. The van der Waals surface area contributed by atoms with E-state index < -0.39 is 0 Å². The summed E-state index contributed by atoms with van der Waals surface area (Å²) in [5.74, 6) is 0. The molecule has 6 nitrogen and oxygen atoms in total. The van der Waals surface area contributed by atoms with Crippen LogP contribution in [0.5, 0.6) is 0 Å². The average molecular weight is 433 g/mol. The first-order chi connectivity index (χ1) is 14.8. The molecule has 0 unspecified atom stereocenters. The first kappa shape index (κ1) is 19.2. The van der Waals surface area contributed by atoms with Crippen molar-refractivity contribution < 1.29 is 0 Å². The Kier molecular flexibility index (Phi) is 4.02. The number of nitrogens with one attached hydrogen (secondary N) is 1. The third kappa shape index (κ3) is 3.22. The van der Waals surface area contributed by atoms with Crippen LogP contribution in [0.25, 0.3) is 27.1 Å². The van der Waals surface area contributed by atoms with Gasteiger partial charge in [-0.15, -0.1) is 0 Å². The van der Waals surface area contributed by atoms with Gasteiger partial charge in [0.25, 0.3) is 0 Å². The fourth-order valence-corrected chi connectivity index (χ4v) is 6.66. The number of fused-ring (bicyclic) bond motifs is 4. The predicted molar refractivity (Wildman–Crippen MR) is 127 cm³/mol. The average Bonchev–Trinajstić information content (AvgIpc) is 3.38. The minimum Gasteiger partial charge on any atom is -0.348 e. The van der Waals surface area contributed by atoms with Crippen LogP contribution in [0.4, 0.5) is 5.13 Å². The highest BCUT2D eigenvalue weighted by molar-refractivity contribution is 7.22. The number of imidazole rings is 1. The van der Waals surface area contributed by atoms with Crippen LogP contribution >= 0.6 is 11.3 Å². The van der Waals surface area contributed by atoms with Gasteiger partial charge in [-0.05, 0) is 64.7 Å². The van der Waals surface area contributed by atoms with Crippen LogP contribution in [0.15, 0.2) is 36.8 Å². The summed E-state index contributed by atoms with van der Waals surface area (Å²) >= 11 is 1.77. The number of anilines is 1. The van der Waals surface area contributed by atoms with Gasteiger partial charge in [-0.1, -0.05) is 11.3 Å². The normalized spacial score (nSPS) is 27.9. The number of piperidine rings is 1. The van der Waals surface area contributed by atoms with Crippen LogP contribution in [0, 0.1) is 6.92 Å². The van der Waals surface area contributed by atoms with E-state index in [1.807, 2.05) is 25.4 Å². The Balaban J connectivity index is 1.32. The highest BCUT2D eigenvalue weighted by Gasteiger charge is 2.49. The van der Waals surface area contributed by atoms with Gasteiger partial charge < -0.3 is 14.6 Å². The zero-order valence-corrected chi connectivity index (χ0v) is 19.3. The quantitative estimate of drug-likeness (QED) is 0.503. The summed E-state index contributed by atoms with van der Waals surface area (Å²) in [4.78, 5) is 16.6. The van der Waals surface area contributed by atoms with E-state index in [0.29, 0.717) is 6.04 Å². The lowest BCUT2D eigenvalue weighted by Crippen LogP contribution is -2.58. The second kappa shape index (κ2) is 6.50. The molecule has 4 aromatic rings. The van der Waals surface area contributed by atoms with Gasteiger partial charge in [0, 0.05) is 42.1 Å². The van der Waals surface area contributed by atoms with Crippen LogP contribution in [0.3, 0.4) is 0 Å². The van der Waals surface area contributed by atoms with E-state index in [0.717, 1.165) is 33.2 Å². The first-order valence-electron chi connectivity index (χ1n) is 11.0. The monoisotopic (exact) mass is 432 g/mol. The molecule has 0 saturated carbocycles. The van der Waals surface area contributed by atoms with Gasteiger partial charge in [-0.3, -0.25) is 4.98 Å². The number of hydrogen-bond donors (Lipinski definition) is 1. The van der Waals surface area contributed by atoms with E-state index in [9.17, 15) is 0 Å². The summed E-state index contributed by atoms with van der Waals surface area (Å²) < 4.78 is 3.25. The molecule has 4 aromatic heterocycles. The maximum atomic E-state index is 4.94. The van der Waals surface area contributed by atoms with Crippen molar-refractivity contribution in [1.82, 2.24) is 24.7 Å². The number of pyridine rings is 2. The maximum Gasteiger partial charge on any atom is 0.186 e. The van der Waals surface area contributed by atoms with Crippen molar-refractivity contribution in [1.29, 1.82) is 0 Å². The van der Waals surface area contributed by atoms with E-state index in [4.69, 9.17) is 9.97 Å². The topological polar surface area (TPSA) is 58.4 Å². The van der Waals surface area contributed by atoms with Crippen LogP contribution in [0.2, 0.25) is 0 Å². The van der Waals surface area contributed by atoms with E-state index in [-0.39, 0.29) is 11.1 Å². The van der Waals surface area contributed by atoms with Crippen LogP contribution in [0.1, 0.15) is 45.2 Å². The van der Waals surface area contributed by atoms with Gasteiger partial charge >= 0.3 is 0 Å². The number of rotatable bonds is 3. The fourth-order valence-electron chi connectivity index (χ4n) is 5.65. The van der Waals surface area contributed by atoms with Crippen LogP contribution in [-0.4, -0.2) is 43.5 Å². The molecule has 3 atom stereocenters. The Labute approximate surface area is 186 Å². The smallest absolute Gasteiger partial charge is 0.186 e. The second-order valence-electron chi connectivity index (χ2n) is 10.0. The molecule has 0 amide bonds. The Bertz CT molecular complexity index is 1290. The van der Waals surface area contributed by atoms with Gasteiger partial charge in [0.1, 0.15) is 11.2 Å². The molecule has 2 saturated heterocycles. The molecule has 2 aliphatic rings. The Morgan fingerprint density at radius 1 is 1.13 bits per heavy atom. The summed E-state index contributed by atoms with van der Waals surface area (Å²) in [6.07, 6.45) is 10.9. The van der Waals surface area contributed by atoms with Crippen molar-refractivity contribution in [3.63, 3.8) is 0 Å². The highest BCUT2D eigenvalue weighted by Crippen LogP contribution is 2.44. The summed E-state index contributed by atoms with van der Waals surface area (Å²) in [7, 11) is 2.21. The standard InChI is InChI=1S/C24H28N6S/c1-15-13-30-14-16(5-6-21(30)26-15)18-9-20-19(12-25-18)27-22(31-20)29(4)17-10-23(2)7-8-24(3,11-17)28-23/h5-6,9,12-14,17,28H,7-8,10-11H2,1-4H3/t17-,23+,24-. The maximum absolute atomic E-state index is 4.94. The summed E-state index contributed by atoms with van der Waals surface area (Å²) in [5, 5.41) is 4.98. The summed E-state index contributed by atoms with van der Waals surface area (Å²) in [5.41, 5.74) is 5.52. The second-order valence-corrected chi connectivity index (χ2v) is 11.0. The van der Waals surface area contributed by atoms with Gasteiger partial charge in [0.05, 0.1) is 22.3 Å². The van der Waals surface area contributed by atoms with E-state index in [2.05, 4.69) is 58.8 Å². The van der Waals surface area contributed by atoms with Crippen molar-refractivity contribution >= 4 is 32.3 Å². The third-order valence-electron chi connectivity index (χ3n) is 7.18. The predicted octanol–water partition coefficient (Wildman–Crippen LogP) is 4.81. The van der Waals surface area contributed by atoms with Crippen molar-refractivity contribution in [2.24, 2.45) is 0 Å². The molecule has 31 heavy (non-hydrogen) atoms. The van der Waals surface area contributed by atoms with Crippen molar-refractivity contribution in [3.05, 3.63) is 42.5 Å². The lowest BCUT2D eigenvalue weighted by Gasteiger charge is -2.45. The Morgan fingerprint density at radius 2 is 1.90 bits per heavy atom. The van der Waals surface area contributed by atoms with Crippen LogP contribution < -0.4 is 10.2 Å². The number of thiazole rings is 1. The van der Waals surface area contributed by atoms with Gasteiger partial charge in [0.2, 0.25) is 0 Å². The molecule has 160 valence electrons. The summed E-state index contributed by atoms with van der Waals surface area (Å²) in [6, 6.07) is 6.83. The molecule has 2 aliphatic heterocycles. The van der Waals surface area contributed by atoms with E-state index >= 15 is 0 Å². The molecule has 0 spiro atoms. The highest BCUT2D eigenvalue weighted by atomic mass is 32.1. The van der Waals surface area contributed by atoms with Gasteiger partial charge in [0.15, 0.2) is 5.13 Å². The molecule has 0 radical (unpaired) electrons. The lowest BCUT2D eigenvalue weighted by atomic mass is 9.84. The third-order valence-corrected chi connectivity index (χ3v) is 8.29. The zero-order valence-electron chi connectivity index (χ0n) is 18.5. The Hall–Kier alpha value is -2.51. The number of hydrogen-bond acceptors (Lipinski definition) is 6. The molecule has 1 N–H and O–H groups in total. The van der Waals surface area contributed by atoms with E-state index in [1.165, 1.54) is 30.4 Å². The molecule has 0 aromatic carbocycles. The molecule has 2 fully saturated rings. The fraction of sp³-hybridized carbons (Fsp3) is 0.458. The van der Waals surface area contributed by atoms with Gasteiger partial charge in [-0.2, -0.15) is 0 Å². The molecular formula is C24H28N6S. The number of aromatic nitrogens is 4. The number of nitrogens with zero attached hydrogens (tertiary/aromatic N) is 5. The first-order valence-corrected chi connectivity index (χ1v) is 11.9. The minimum absolute atomic E-state index is 0.252. The Morgan fingerprint density at radius 3 is 2.68 bits per heavy atom. The van der Waals surface area contributed by atoms with Crippen molar-refractivity contribution in [3.8, 4) is 11.3 Å². The zero-order chi connectivity index (χ0) is 21.4. The molecular weight excluding hydrogens is 404 g/mol.